The highest BCUT2D eigenvalue weighted by atomic mass is 16.5. The Labute approximate surface area is 97.2 Å². The predicted molar refractivity (Wildman–Crippen MR) is 65.5 cm³/mol. The van der Waals surface area contributed by atoms with Crippen LogP contribution in [0, 0.1) is 0 Å². The summed E-state index contributed by atoms with van der Waals surface area (Å²) in [7, 11) is 1.69. The van der Waals surface area contributed by atoms with Gasteiger partial charge in [-0.25, -0.2) is 0 Å². The van der Waals surface area contributed by atoms with Crippen molar-refractivity contribution in [3.05, 3.63) is 29.8 Å². The van der Waals surface area contributed by atoms with Crippen molar-refractivity contribution in [2.45, 2.75) is 25.4 Å². The van der Waals surface area contributed by atoms with Crippen molar-refractivity contribution < 1.29 is 4.74 Å². The van der Waals surface area contributed by atoms with Crippen LogP contribution >= 0.6 is 0 Å². The molecule has 0 amide bonds. The third kappa shape index (κ3) is 2.97. The topological polar surface area (TPSA) is 38.5 Å². The zero-order valence-corrected chi connectivity index (χ0v) is 9.86. The van der Waals surface area contributed by atoms with E-state index < -0.39 is 0 Å². The molecule has 1 aromatic rings. The number of ether oxygens (including phenoxy) is 1. The number of rotatable bonds is 3. The molecule has 0 saturated carbocycles. The van der Waals surface area contributed by atoms with Gasteiger partial charge in [0.15, 0.2) is 0 Å². The van der Waals surface area contributed by atoms with Crippen molar-refractivity contribution >= 4 is 0 Å². The van der Waals surface area contributed by atoms with Crippen LogP contribution in [-0.4, -0.2) is 31.1 Å². The lowest BCUT2D eigenvalue weighted by Gasteiger charge is -2.30. The summed E-state index contributed by atoms with van der Waals surface area (Å²) in [5.74, 6) is 0.916. The number of hydrogen-bond acceptors (Lipinski definition) is 3. The zero-order chi connectivity index (χ0) is 11.4. The summed E-state index contributed by atoms with van der Waals surface area (Å²) in [6.45, 7) is 3.18. The van der Waals surface area contributed by atoms with Crippen LogP contribution in [0.25, 0.3) is 0 Å². The van der Waals surface area contributed by atoms with Crippen LogP contribution in [-0.2, 0) is 6.54 Å². The number of benzene rings is 1. The van der Waals surface area contributed by atoms with Gasteiger partial charge in [0.2, 0.25) is 0 Å². The molecule has 1 aliphatic heterocycles. The molecule has 2 rings (SSSR count). The highest BCUT2D eigenvalue weighted by Crippen LogP contribution is 2.15. The van der Waals surface area contributed by atoms with Gasteiger partial charge in [0.05, 0.1) is 7.11 Å². The van der Waals surface area contributed by atoms with Gasteiger partial charge in [-0.3, -0.25) is 4.90 Å². The van der Waals surface area contributed by atoms with Gasteiger partial charge in [0, 0.05) is 19.1 Å². The summed E-state index contributed by atoms with van der Waals surface area (Å²) in [4.78, 5) is 2.43. The molecule has 1 aromatic carbocycles. The maximum atomic E-state index is 5.96. The van der Waals surface area contributed by atoms with Crippen LogP contribution in [0.4, 0.5) is 0 Å². The minimum absolute atomic E-state index is 0.354. The van der Waals surface area contributed by atoms with Crippen molar-refractivity contribution in [2.24, 2.45) is 5.73 Å². The van der Waals surface area contributed by atoms with Crippen LogP contribution in [0.3, 0.4) is 0 Å². The molecule has 0 aromatic heterocycles. The maximum absolute atomic E-state index is 5.96. The minimum atomic E-state index is 0.354. The summed E-state index contributed by atoms with van der Waals surface area (Å²) in [6, 6.07) is 8.63. The molecule has 0 spiro atoms. The Hall–Kier alpha value is -1.06. The molecule has 1 fully saturated rings. The van der Waals surface area contributed by atoms with Crippen molar-refractivity contribution in [1.82, 2.24) is 4.90 Å². The fourth-order valence-corrected chi connectivity index (χ4v) is 2.22. The quantitative estimate of drug-likeness (QED) is 0.841. The van der Waals surface area contributed by atoms with E-state index in [2.05, 4.69) is 17.0 Å². The van der Waals surface area contributed by atoms with Crippen LogP contribution in [0.2, 0.25) is 0 Å². The lowest BCUT2D eigenvalue weighted by Crippen LogP contribution is -2.42. The first kappa shape index (κ1) is 11.4. The molecule has 0 aliphatic carbocycles. The van der Waals surface area contributed by atoms with E-state index in [-0.39, 0.29) is 0 Å². The average molecular weight is 220 g/mol. The third-order valence-corrected chi connectivity index (χ3v) is 3.11. The van der Waals surface area contributed by atoms with Gasteiger partial charge in [-0.1, -0.05) is 12.1 Å². The molecule has 1 saturated heterocycles. The molecular weight excluding hydrogens is 200 g/mol. The van der Waals surface area contributed by atoms with E-state index in [1.807, 2.05) is 12.1 Å². The smallest absolute Gasteiger partial charge is 0.118 e. The fourth-order valence-electron chi connectivity index (χ4n) is 2.22. The number of piperidine rings is 1. The van der Waals surface area contributed by atoms with E-state index in [0.29, 0.717) is 6.04 Å². The first-order valence-corrected chi connectivity index (χ1v) is 5.89. The Kier molecular flexibility index (Phi) is 3.80. The Bertz CT molecular complexity index is 323. The molecule has 2 N–H and O–H groups in total. The first-order chi connectivity index (χ1) is 7.78. The SMILES string of the molecule is COc1ccc(CN2CCC[C@H](N)C2)cc1. The maximum Gasteiger partial charge on any atom is 0.118 e. The molecule has 0 unspecified atom stereocenters. The second kappa shape index (κ2) is 5.32. The number of nitrogens with two attached hydrogens (primary N) is 1. The number of nitrogens with zero attached hydrogens (tertiary/aromatic N) is 1. The number of hydrogen-bond donors (Lipinski definition) is 1. The van der Waals surface area contributed by atoms with Crippen LogP contribution in [0.15, 0.2) is 24.3 Å². The summed E-state index contributed by atoms with van der Waals surface area (Å²) in [5, 5.41) is 0. The first-order valence-electron chi connectivity index (χ1n) is 5.89. The summed E-state index contributed by atoms with van der Waals surface area (Å²) in [6.07, 6.45) is 2.39. The van der Waals surface area contributed by atoms with Gasteiger partial charge < -0.3 is 10.5 Å². The Balaban J connectivity index is 1.92. The van der Waals surface area contributed by atoms with Crippen LogP contribution < -0.4 is 10.5 Å². The van der Waals surface area contributed by atoms with Crippen molar-refractivity contribution in [3.8, 4) is 5.75 Å². The lowest BCUT2D eigenvalue weighted by molar-refractivity contribution is 0.201. The van der Waals surface area contributed by atoms with Gasteiger partial charge in [0.25, 0.3) is 0 Å². The molecule has 0 radical (unpaired) electrons. The zero-order valence-electron chi connectivity index (χ0n) is 9.86. The third-order valence-electron chi connectivity index (χ3n) is 3.11. The second-order valence-electron chi connectivity index (χ2n) is 4.49. The van der Waals surface area contributed by atoms with E-state index in [1.165, 1.54) is 24.9 Å². The Morgan fingerprint density at radius 1 is 1.38 bits per heavy atom. The Morgan fingerprint density at radius 2 is 2.12 bits per heavy atom. The van der Waals surface area contributed by atoms with Crippen LogP contribution in [0.1, 0.15) is 18.4 Å². The highest BCUT2D eigenvalue weighted by molar-refractivity contribution is 5.27. The summed E-state index contributed by atoms with van der Waals surface area (Å²) in [5.41, 5.74) is 7.29. The van der Waals surface area contributed by atoms with E-state index in [1.54, 1.807) is 7.11 Å². The fraction of sp³-hybridized carbons (Fsp3) is 0.538. The molecule has 1 atom stereocenters. The normalized spacial score (nSPS) is 22.0. The lowest BCUT2D eigenvalue weighted by atomic mass is 10.1. The van der Waals surface area contributed by atoms with Crippen molar-refractivity contribution in [2.75, 3.05) is 20.2 Å². The predicted octanol–water partition coefficient (Wildman–Crippen LogP) is 1.62. The van der Waals surface area contributed by atoms with E-state index in [0.717, 1.165) is 18.8 Å². The highest BCUT2D eigenvalue weighted by Gasteiger charge is 2.16. The Morgan fingerprint density at radius 3 is 2.75 bits per heavy atom. The number of methoxy groups -OCH3 is 1. The molecule has 0 bridgehead atoms. The standard InChI is InChI=1S/C13H20N2O/c1-16-13-6-4-11(5-7-13)9-15-8-2-3-12(14)10-15/h4-7,12H,2-3,8-10,14H2,1H3/t12-/m0/s1. The molecule has 3 nitrogen and oxygen atoms in total. The van der Waals surface area contributed by atoms with Gasteiger partial charge in [0.1, 0.15) is 5.75 Å². The largest absolute Gasteiger partial charge is 0.497 e. The molecule has 1 heterocycles. The summed E-state index contributed by atoms with van der Waals surface area (Å²) >= 11 is 0. The van der Waals surface area contributed by atoms with E-state index in [4.69, 9.17) is 10.5 Å². The molecule has 88 valence electrons. The molecular formula is C13H20N2O. The van der Waals surface area contributed by atoms with Gasteiger partial charge in [-0.2, -0.15) is 0 Å². The van der Waals surface area contributed by atoms with Crippen molar-refractivity contribution in [3.63, 3.8) is 0 Å². The number of likely N-dealkylation sites (tertiary alicyclic amines) is 1. The van der Waals surface area contributed by atoms with Crippen LogP contribution in [0.5, 0.6) is 5.75 Å². The van der Waals surface area contributed by atoms with Gasteiger partial charge in [-0.15, -0.1) is 0 Å². The minimum Gasteiger partial charge on any atom is -0.497 e. The van der Waals surface area contributed by atoms with Crippen molar-refractivity contribution in [1.29, 1.82) is 0 Å². The molecule has 3 heteroatoms. The van der Waals surface area contributed by atoms with Gasteiger partial charge in [-0.05, 0) is 37.1 Å². The van der Waals surface area contributed by atoms with E-state index in [9.17, 15) is 0 Å². The summed E-state index contributed by atoms with van der Waals surface area (Å²) < 4.78 is 5.14. The average Bonchev–Trinajstić information content (AvgIpc) is 2.30. The monoisotopic (exact) mass is 220 g/mol. The van der Waals surface area contributed by atoms with E-state index >= 15 is 0 Å². The molecule has 16 heavy (non-hydrogen) atoms. The van der Waals surface area contributed by atoms with Gasteiger partial charge >= 0.3 is 0 Å². The molecule has 1 aliphatic rings. The second-order valence-corrected chi connectivity index (χ2v) is 4.49.